The van der Waals surface area contributed by atoms with Crippen molar-refractivity contribution in [3.63, 3.8) is 0 Å². The fraction of sp³-hybridized carbons (Fsp3) is 0.667. The van der Waals surface area contributed by atoms with Crippen LogP contribution in [0.4, 0.5) is 5.95 Å². The highest BCUT2D eigenvalue weighted by atomic mass is 15.3. The van der Waals surface area contributed by atoms with Crippen LogP contribution in [0, 0.1) is 0 Å². The molecule has 1 aliphatic rings. The number of hydrogen-bond acceptors (Lipinski definition) is 3. The summed E-state index contributed by atoms with van der Waals surface area (Å²) in [5, 5.41) is 7.73. The summed E-state index contributed by atoms with van der Waals surface area (Å²) in [7, 11) is 0. The molecule has 0 aromatic carbocycles. The quantitative estimate of drug-likeness (QED) is 0.557. The molecule has 0 radical (unpaired) electrons. The Morgan fingerprint density at radius 3 is 3.00 bits per heavy atom. The Bertz CT molecular complexity index is 240. The van der Waals surface area contributed by atoms with E-state index in [0.717, 1.165) is 18.8 Å². The van der Waals surface area contributed by atoms with Gasteiger partial charge in [0.1, 0.15) is 5.82 Å². The van der Waals surface area contributed by atoms with Gasteiger partial charge in [0.05, 0.1) is 0 Å². The standard InChI is InChI=1S/C6H10N4/c7-6-9-8-5-3-1-2-4-10(5)6/h1-4H2,(H2,7,9). The average Bonchev–Trinajstić information content (AvgIpc) is 2.34. The number of aryl methyl sites for hydroxylation is 1. The third-order valence-electron chi connectivity index (χ3n) is 1.89. The fourth-order valence-corrected chi connectivity index (χ4v) is 1.33. The number of nitrogens with zero attached hydrogens (tertiary/aromatic N) is 3. The molecule has 2 N–H and O–H groups in total. The number of aromatic nitrogens is 3. The SMILES string of the molecule is Nc1nnc2n1CCCC2. The lowest BCUT2D eigenvalue weighted by Crippen LogP contribution is -2.12. The van der Waals surface area contributed by atoms with Gasteiger partial charge in [-0.05, 0) is 12.8 Å². The van der Waals surface area contributed by atoms with Crippen LogP contribution in [-0.4, -0.2) is 14.8 Å². The van der Waals surface area contributed by atoms with Crippen molar-refractivity contribution in [2.75, 3.05) is 5.73 Å². The lowest BCUT2D eigenvalue weighted by atomic mass is 10.2. The summed E-state index contributed by atoms with van der Waals surface area (Å²) in [4.78, 5) is 0. The highest BCUT2D eigenvalue weighted by Gasteiger charge is 2.12. The van der Waals surface area contributed by atoms with Crippen LogP contribution < -0.4 is 5.73 Å². The number of nitrogens with two attached hydrogens (primary N) is 1. The third kappa shape index (κ3) is 0.683. The second-order valence-electron chi connectivity index (χ2n) is 2.58. The molecule has 0 bridgehead atoms. The van der Waals surface area contributed by atoms with Gasteiger partial charge in [-0.15, -0.1) is 10.2 Å². The fourth-order valence-electron chi connectivity index (χ4n) is 1.33. The van der Waals surface area contributed by atoms with Crippen LogP contribution in [0.2, 0.25) is 0 Å². The van der Waals surface area contributed by atoms with Gasteiger partial charge in [-0.2, -0.15) is 0 Å². The Kier molecular flexibility index (Phi) is 1.12. The summed E-state index contributed by atoms with van der Waals surface area (Å²) in [5.74, 6) is 1.61. The van der Waals surface area contributed by atoms with Gasteiger partial charge in [0.25, 0.3) is 0 Å². The van der Waals surface area contributed by atoms with Crippen LogP contribution >= 0.6 is 0 Å². The van der Waals surface area contributed by atoms with Crippen molar-refractivity contribution in [3.8, 4) is 0 Å². The summed E-state index contributed by atoms with van der Waals surface area (Å²) in [6.45, 7) is 0.994. The summed E-state index contributed by atoms with van der Waals surface area (Å²) in [6, 6.07) is 0. The highest BCUT2D eigenvalue weighted by Crippen LogP contribution is 2.14. The molecule has 1 aliphatic heterocycles. The molecule has 4 heteroatoms. The Balaban J connectivity index is 2.45. The number of rotatable bonds is 0. The zero-order valence-electron chi connectivity index (χ0n) is 5.75. The molecule has 1 aromatic heterocycles. The largest absolute Gasteiger partial charge is 0.368 e. The molecule has 54 valence electrons. The molecule has 0 saturated heterocycles. The van der Waals surface area contributed by atoms with Crippen LogP contribution in [0.5, 0.6) is 0 Å². The van der Waals surface area contributed by atoms with Crippen molar-refractivity contribution in [2.45, 2.75) is 25.8 Å². The van der Waals surface area contributed by atoms with E-state index in [4.69, 9.17) is 5.73 Å². The second kappa shape index (κ2) is 1.97. The summed E-state index contributed by atoms with van der Waals surface area (Å²) >= 11 is 0. The molecule has 0 saturated carbocycles. The van der Waals surface area contributed by atoms with E-state index in [0.29, 0.717) is 5.95 Å². The minimum atomic E-state index is 0.565. The molecule has 0 unspecified atom stereocenters. The van der Waals surface area contributed by atoms with Crippen LogP contribution in [0.1, 0.15) is 18.7 Å². The first kappa shape index (κ1) is 5.70. The molecule has 2 heterocycles. The molecule has 10 heavy (non-hydrogen) atoms. The van der Waals surface area contributed by atoms with E-state index >= 15 is 0 Å². The molecule has 0 atom stereocenters. The molecule has 0 spiro atoms. The molecule has 1 aromatic rings. The summed E-state index contributed by atoms with van der Waals surface area (Å²) < 4.78 is 1.99. The lowest BCUT2D eigenvalue weighted by molar-refractivity contribution is 0.527. The predicted octanol–water partition coefficient (Wildman–Crippen LogP) is 0.197. The maximum Gasteiger partial charge on any atom is 0.221 e. The molecule has 0 fully saturated rings. The Hall–Kier alpha value is -1.06. The molecule has 2 rings (SSSR count). The van der Waals surface area contributed by atoms with Crippen LogP contribution in [0.15, 0.2) is 0 Å². The Labute approximate surface area is 59.1 Å². The number of nitrogen functional groups attached to an aromatic ring is 1. The number of anilines is 1. The van der Waals surface area contributed by atoms with E-state index in [1.54, 1.807) is 0 Å². The van der Waals surface area contributed by atoms with E-state index in [1.165, 1.54) is 12.8 Å². The molecular weight excluding hydrogens is 128 g/mol. The Morgan fingerprint density at radius 2 is 2.20 bits per heavy atom. The number of hydrogen-bond donors (Lipinski definition) is 1. The van der Waals surface area contributed by atoms with Crippen molar-refractivity contribution in [3.05, 3.63) is 5.82 Å². The van der Waals surface area contributed by atoms with E-state index in [-0.39, 0.29) is 0 Å². The summed E-state index contributed by atoms with van der Waals surface area (Å²) in [6.07, 6.45) is 3.46. The van der Waals surface area contributed by atoms with Gasteiger partial charge in [0, 0.05) is 13.0 Å². The first-order valence-electron chi connectivity index (χ1n) is 3.55. The van der Waals surface area contributed by atoms with Crippen molar-refractivity contribution < 1.29 is 0 Å². The monoisotopic (exact) mass is 138 g/mol. The zero-order chi connectivity index (χ0) is 6.97. The molecular formula is C6H10N4. The van der Waals surface area contributed by atoms with E-state index in [9.17, 15) is 0 Å². The van der Waals surface area contributed by atoms with Gasteiger partial charge in [-0.3, -0.25) is 4.57 Å². The number of fused-ring (bicyclic) bond motifs is 1. The molecule has 0 aliphatic carbocycles. The molecule has 4 nitrogen and oxygen atoms in total. The van der Waals surface area contributed by atoms with Gasteiger partial charge >= 0.3 is 0 Å². The van der Waals surface area contributed by atoms with Gasteiger partial charge < -0.3 is 5.73 Å². The van der Waals surface area contributed by atoms with Crippen molar-refractivity contribution in [1.29, 1.82) is 0 Å². The Morgan fingerprint density at radius 1 is 1.30 bits per heavy atom. The van der Waals surface area contributed by atoms with Crippen molar-refractivity contribution >= 4 is 5.95 Å². The van der Waals surface area contributed by atoms with E-state index in [1.807, 2.05) is 4.57 Å². The highest BCUT2D eigenvalue weighted by molar-refractivity contribution is 5.18. The lowest BCUT2D eigenvalue weighted by Gasteiger charge is -2.12. The first-order chi connectivity index (χ1) is 4.88. The van der Waals surface area contributed by atoms with Crippen LogP contribution in [0.3, 0.4) is 0 Å². The van der Waals surface area contributed by atoms with Crippen molar-refractivity contribution in [1.82, 2.24) is 14.8 Å². The van der Waals surface area contributed by atoms with Gasteiger partial charge in [0.15, 0.2) is 0 Å². The third-order valence-corrected chi connectivity index (χ3v) is 1.89. The van der Waals surface area contributed by atoms with E-state index in [2.05, 4.69) is 10.2 Å². The maximum atomic E-state index is 5.55. The smallest absolute Gasteiger partial charge is 0.221 e. The first-order valence-corrected chi connectivity index (χ1v) is 3.55. The van der Waals surface area contributed by atoms with Crippen LogP contribution in [0.25, 0.3) is 0 Å². The van der Waals surface area contributed by atoms with Gasteiger partial charge in [0.2, 0.25) is 5.95 Å². The van der Waals surface area contributed by atoms with Crippen molar-refractivity contribution in [2.24, 2.45) is 0 Å². The summed E-state index contributed by atoms with van der Waals surface area (Å²) in [5.41, 5.74) is 5.55. The zero-order valence-corrected chi connectivity index (χ0v) is 5.75. The molecule has 0 amide bonds. The minimum absolute atomic E-state index is 0.565. The van der Waals surface area contributed by atoms with Crippen LogP contribution in [-0.2, 0) is 13.0 Å². The normalized spacial score (nSPS) is 16.8. The maximum absolute atomic E-state index is 5.55. The van der Waals surface area contributed by atoms with Gasteiger partial charge in [-0.25, -0.2) is 0 Å². The van der Waals surface area contributed by atoms with E-state index < -0.39 is 0 Å². The van der Waals surface area contributed by atoms with Gasteiger partial charge in [-0.1, -0.05) is 0 Å². The second-order valence-corrected chi connectivity index (χ2v) is 2.58. The average molecular weight is 138 g/mol. The topological polar surface area (TPSA) is 56.7 Å². The predicted molar refractivity (Wildman–Crippen MR) is 37.4 cm³/mol. The minimum Gasteiger partial charge on any atom is -0.368 e.